The number of nitrogens with one attached hydrogen (secondary N) is 11. The predicted molar refractivity (Wildman–Crippen MR) is 430 cm³/mol. The van der Waals surface area contributed by atoms with Crippen LogP contribution >= 0.6 is 24.0 Å². The molecule has 4 aliphatic carbocycles. The van der Waals surface area contributed by atoms with Gasteiger partial charge in [-0.1, -0.05) is 25.5 Å². The van der Waals surface area contributed by atoms with Gasteiger partial charge in [-0.2, -0.15) is 11.8 Å². The van der Waals surface area contributed by atoms with E-state index in [9.17, 15) is 63.0 Å². The minimum absolute atomic E-state index is 0.00423. The van der Waals surface area contributed by atoms with Crippen molar-refractivity contribution < 1.29 is 67.3 Å². The van der Waals surface area contributed by atoms with Crippen LogP contribution in [0.4, 0.5) is 44.2 Å². The minimum Gasteiger partial charge on any atom is -0.390 e. The number of anilines is 7. The number of halogens is 1. The van der Waals surface area contributed by atoms with Crippen molar-refractivity contribution in [3.05, 3.63) is 168 Å². The summed E-state index contributed by atoms with van der Waals surface area (Å²) in [6, 6.07) is 10.5. The van der Waals surface area contributed by atoms with Crippen LogP contribution < -0.4 is 58.5 Å². The summed E-state index contributed by atoms with van der Waals surface area (Å²) in [5.74, 6) is -5.63. The zero-order valence-corrected chi connectivity index (χ0v) is 66.5. The van der Waals surface area contributed by atoms with Gasteiger partial charge in [-0.05, 0) is 118 Å². The first-order chi connectivity index (χ1) is 54.0. The molecule has 114 heavy (non-hydrogen) atoms. The number of alkyl halides is 1. The molecule has 0 spiro atoms. The van der Waals surface area contributed by atoms with Gasteiger partial charge >= 0.3 is 0 Å². The highest BCUT2D eigenvalue weighted by Crippen LogP contribution is 2.71. The molecule has 0 unspecified atom stereocenters. The number of nitrogens with zero attached hydrogens (tertiary/aromatic N) is 9. The molecule has 8 aromatic heterocycles. The van der Waals surface area contributed by atoms with Crippen molar-refractivity contribution in [3.63, 3.8) is 0 Å². The van der Waals surface area contributed by atoms with Gasteiger partial charge < -0.3 is 105 Å². The van der Waals surface area contributed by atoms with Crippen LogP contribution in [-0.4, -0.2) is 177 Å². The molecule has 12 rings (SSSR count). The number of ketones is 2. The molecule has 0 radical (unpaired) electrons. The molecule has 3 fully saturated rings. The number of carbonyl (C=O) groups excluding carboxylic acids is 11. The lowest BCUT2D eigenvalue weighted by Crippen LogP contribution is -2.69. The number of thioether (sulfide) groups is 1. The standard InChI is InChI=1S/C78H93FN20O13S2/c1-43-25-54-53-15-14-44-26-52(100)16-17-75(44,2)77(53,79)62(101)34-76(54,3)78(43,112)63(102)42-114-24-22-84-74(113)83-20-19-82-67(105)56-29-47(37-94(56)6)87-70(108)59-31-49(39-96(59)8)89-71(109)60-30-48(38-98(60)10)88-68(106)57-27-45(35-95(57)7)85-64(103)13-12-18-81-66(104)55-28-46(36-93(55)5)86-69(107)58-32-50(40-97(58)9)90-72(110)61-33-51(41-99(61)11)91-73(111)65-80-21-23-92(65)4/h16-17,21,23,26-33,35-41,43,53-54,62,101,112H,12-15,18-20,22,24-25,34,42H2,1-11H3,(H,81,104)(H,82,105)(H,85,103)(H,86,107)(H,87,108)(H,88,106)(H,89,109)(H,90,110)(H,91,111)(H2,83,84,113)/t43-,53+,54+,62+,75+,76+,77+,78+/m0/s1. The Bertz CT molecular complexity index is 5280. The highest BCUT2D eigenvalue weighted by molar-refractivity contribution is 8.00. The van der Waals surface area contributed by atoms with Crippen LogP contribution in [-0.2, 0) is 70.8 Å². The van der Waals surface area contributed by atoms with E-state index in [0.29, 0.717) is 82.1 Å². The van der Waals surface area contributed by atoms with Gasteiger partial charge in [0.2, 0.25) is 5.91 Å². The van der Waals surface area contributed by atoms with Gasteiger partial charge in [0, 0.05) is 167 Å². The van der Waals surface area contributed by atoms with Gasteiger partial charge in [-0.15, -0.1) is 0 Å². The molecule has 8 heterocycles. The number of Topliss-reactive ketones (excluding diaryl/α,β-unsaturated/α-hetero) is 1. The number of aliphatic hydroxyl groups excluding tert-OH is 1. The first-order valence-electron chi connectivity index (χ1n) is 37.0. The van der Waals surface area contributed by atoms with E-state index < -0.39 is 87.3 Å². The van der Waals surface area contributed by atoms with E-state index >= 15 is 4.39 Å². The van der Waals surface area contributed by atoms with Gasteiger partial charge in [-0.3, -0.25) is 52.7 Å². The molecule has 0 saturated heterocycles. The molecule has 36 heteroatoms. The highest BCUT2D eigenvalue weighted by Gasteiger charge is 2.75. The summed E-state index contributed by atoms with van der Waals surface area (Å²) in [5, 5.41) is 55.6. The second kappa shape index (κ2) is 32.7. The monoisotopic (exact) mass is 1600 g/mol. The van der Waals surface area contributed by atoms with Crippen LogP contribution in [0, 0.1) is 28.6 Å². The van der Waals surface area contributed by atoms with Crippen molar-refractivity contribution in [1.82, 2.24) is 62.8 Å². The van der Waals surface area contributed by atoms with E-state index in [2.05, 4.69) is 63.5 Å². The third kappa shape index (κ3) is 16.2. The molecule has 0 bridgehead atoms. The molecule has 33 nitrogen and oxygen atoms in total. The zero-order chi connectivity index (χ0) is 82.2. The quantitative estimate of drug-likeness (QED) is 0.0189. The maximum Gasteiger partial charge on any atom is 0.291 e. The third-order valence-corrected chi connectivity index (χ3v) is 23.7. The number of aromatic nitrogens is 9. The van der Waals surface area contributed by atoms with Crippen molar-refractivity contribution in [2.75, 3.05) is 74.9 Å². The number of allylic oxidation sites excluding steroid dienone is 4. The minimum atomic E-state index is -2.06. The molecule has 0 aromatic carbocycles. The number of aryl methyl sites for hydroxylation is 8. The Hall–Kier alpha value is -11.9. The van der Waals surface area contributed by atoms with Gasteiger partial charge in [0.15, 0.2) is 28.2 Å². The number of fused-ring (bicyclic) bond motifs is 5. The van der Waals surface area contributed by atoms with Crippen LogP contribution in [0.2, 0.25) is 0 Å². The number of hydrogen-bond donors (Lipinski definition) is 13. The van der Waals surface area contributed by atoms with E-state index in [1.807, 2.05) is 13.8 Å². The van der Waals surface area contributed by atoms with E-state index in [1.54, 1.807) is 133 Å². The molecule has 0 aliphatic heterocycles. The summed E-state index contributed by atoms with van der Waals surface area (Å²) < 4.78 is 29.9. The smallest absolute Gasteiger partial charge is 0.291 e. The molecule has 4 aliphatic rings. The molecule has 13 N–H and O–H groups in total. The van der Waals surface area contributed by atoms with Crippen molar-refractivity contribution in [2.45, 2.75) is 76.7 Å². The lowest BCUT2D eigenvalue weighted by atomic mass is 9.44. The Balaban J connectivity index is 0.528. The number of carbonyl (C=O) groups is 11. The Kier molecular flexibility index (Phi) is 23.4. The van der Waals surface area contributed by atoms with Crippen LogP contribution in [0.5, 0.6) is 0 Å². The van der Waals surface area contributed by atoms with Gasteiger partial charge in [0.1, 0.15) is 45.5 Å². The van der Waals surface area contributed by atoms with Crippen molar-refractivity contribution in [1.29, 1.82) is 0 Å². The Morgan fingerprint density at radius 2 is 0.939 bits per heavy atom. The van der Waals surface area contributed by atoms with E-state index in [-0.39, 0.29) is 114 Å². The lowest BCUT2D eigenvalue weighted by molar-refractivity contribution is -0.218. The van der Waals surface area contributed by atoms with Crippen molar-refractivity contribution >= 4 is 134 Å². The second-order valence-electron chi connectivity index (χ2n) is 30.2. The van der Waals surface area contributed by atoms with Crippen LogP contribution in [0.1, 0.15) is 143 Å². The third-order valence-electron chi connectivity index (χ3n) is 22.5. The molecular formula is C78H93FN20O13S2. The fourth-order valence-electron chi connectivity index (χ4n) is 16.7. The molecular weight excluding hydrogens is 1510 g/mol. The van der Waals surface area contributed by atoms with E-state index in [4.69, 9.17) is 12.2 Å². The average Bonchev–Trinajstić information content (AvgIpc) is 1.39. The number of amides is 9. The molecule has 8 atom stereocenters. The number of aliphatic hydroxyl groups is 2. The SMILES string of the molecule is C[C@H]1C[C@@H]2[C@H]3CCC4=CC(=O)C=C[C@@]4(C)[C@]3(F)[C@H](O)C[C@@]2(C)[C@]1(O)C(=O)CSCCNC(=S)NCCNC(=O)c1cc(NC(=O)c2cc(NC(=O)c3cc(NC(=O)c4cc(NC(=O)CCCNC(=O)c5cc(NC(=O)c6cc(NC(=O)c7cc(NC(=O)c8nccn8C)cn7C)cn6C)cn5C)cn4C)cn3C)cn2C)cn1C. The van der Waals surface area contributed by atoms with E-state index in [1.165, 1.54) is 95.4 Å². The molecule has 8 aromatic rings. The fourth-order valence-corrected chi connectivity index (χ4v) is 17.7. The summed E-state index contributed by atoms with van der Waals surface area (Å²) >= 11 is 6.79. The normalized spacial score (nSPS) is 21.3. The van der Waals surface area contributed by atoms with Crippen LogP contribution in [0.15, 0.2) is 122 Å². The first-order valence-corrected chi connectivity index (χ1v) is 38.6. The van der Waals surface area contributed by atoms with Gasteiger partial charge in [0.05, 0.1) is 51.7 Å². The summed E-state index contributed by atoms with van der Waals surface area (Å²) in [6.45, 7) is 6.37. The lowest BCUT2D eigenvalue weighted by Gasteiger charge is -2.62. The summed E-state index contributed by atoms with van der Waals surface area (Å²) in [4.78, 5) is 150. The number of hydrogen-bond acceptors (Lipinski definition) is 16. The van der Waals surface area contributed by atoms with Crippen LogP contribution in [0.25, 0.3) is 0 Å². The number of imidazole rings is 1. The van der Waals surface area contributed by atoms with Gasteiger partial charge in [0.25, 0.3) is 47.3 Å². The number of thiocarbonyl (C=S) groups is 1. The highest BCUT2D eigenvalue weighted by atomic mass is 32.2. The fraction of sp³-hybridized carbons (Fsp3) is 0.397. The molecule has 602 valence electrons. The molecule has 3 saturated carbocycles. The topological polar surface area (TPSA) is 413 Å². The maximum absolute atomic E-state index is 17.6. The predicted octanol–water partition coefficient (Wildman–Crippen LogP) is 6.30. The first kappa shape index (κ1) is 81.6. The summed E-state index contributed by atoms with van der Waals surface area (Å²) in [7, 11) is 13.1. The number of rotatable bonds is 28. The second-order valence-corrected chi connectivity index (χ2v) is 31.7. The van der Waals surface area contributed by atoms with Crippen LogP contribution in [0.3, 0.4) is 0 Å². The molecule has 9 amide bonds. The summed E-state index contributed by atoms with van der Waals surface area (Å²) in [5.41, 5.74) is -1.62. The largest absolute Gasteiger partial charge is 0.390 e. The average molecular weight is 1600 g/mol. The van der Waals surface area contributed by atoms with Gasteiger partial charge in [-0.25, -0.2) is 9.37 Å². The maximum atomic E-state index is 17.6. The zero-order valence-electron chi connectivity index (χ0n) is 64.9. The van der Waals surface area contributed by atoms with Crippen molar-refractivity contribution in [3.8, 4) is 0 Å². The Morgan fingerprint density at radius 3 is 1.37 bits per heavy atom. The van der Waals surface area contributed by atoms with Crippen molar-refractivity contribution in [2.24, 2.45) is 85.0 Å². The summed E-state index contributed by atoms with van der Waals surface area (Å²) in [6.07, 6.45) is 18.6. The Labute approximate surface area is 664 Å². The Morgan fingerprint density at radius 1 is 0.544 bits per heavy atom. The van der Waals surface area contributed by atoms with E-state index in [0.717, 1.165) is 0 Å².